The molecule has 1 heterocycles. The largest absolute Gasteiger partial charge is 0.288 e. The first-order chi connectivity index (χ1) is 12.4. The minimum atomic E-state index is -3.98. The fraction of sp³-hybridized carbons (Fsp3) is 0. The van der Waals surface area contributed by atoms with Crippen molar-refractivity contribution in [3.8, 4) is 0 Å². The van der Waals surface area contributed by atoms with E-state index in [2.05, 4.69) is 4.98 Å². The first-order valence-corrected chi connectivity index (χ1v) is 8.93. The Morgan fingerprint density at radius 3 is 2.65 bits per heavy atom. The molecular formula is C18H13FN2O4S. The summed E-state index contributed by atoms with van der Waals surface area (Å²) in [7, 11) is -3.98. The number of hydrogen-bond acceptors (Lipinski definition) is 5. The normalized spacial score (nSPS) is 11.8. The molecule has 3 aromatic rings. The average Bonchev–Trinajstić information content (AvgIpc) is 2.66. The molecule has 6 nitrogen and oxygen atoms in total. The standard InChI is InChI=1S/C18H13FN2O4S/c19-15-6-2-4-13-8-10-17(20-18(13)15)26(24,25)14-5-1-3-12(11-14)7-9-16(22)21-23/h1-11,23H,(H,21,22)/b9-7+. The van der Waals surface area contributed by atoms with Crippen LogP contribution < -0.4 is 5.48 Å². The smallest absolute Gasteiger partial charge is 0.267 e. The fourth-order valence-corrected chi connectivity index (χ4v) is 3.61. The summed E-state index contributed by atoms with van der Waals surface area (Å²) < 4.78 is 39.5. The van der Waals surface area contributed by atoms with E-state index in [1.165, 1.54) is 54.0 Å². The lowest BCUT2D eigenvalue weighted by molar-refractivity contribution is -0.124. The first-order valence-electron chi connectivity index (χ1n) is 7.44. The number of aromatic nitrogens is 1. The number of pyridine rings is 1. The van der Waals surface area contributed by atoms with Gasteiger partial charge in [-0.3, -0.25) is 10.0 Å². The van der Waals surface area contributed by atoms with Gasteiger partial charge in [0.15, 0.2) is 5.03 Å². The molecule has 0 saturated carbocycles. The van der Waals surface area contributed by atoms with Crippen LogP contribution in [0.1, 0.15) is 5.56 Å². The Kier molecular flexibility index (Phi) is 4.79. The van der Waals surface area contributed by atoms with Crippen molar-refractivity contribution in [3.05, 3.63) is 72.1 Å². The zero-order chi connectivity index (χ0) is 18.7. The number of carbonyl (C=O) groups is 1. The molecule has 0 saturated heterocycles. The number of hydrogen-bond donors (Lipinski definition) is 2. The molecule has 8 heteroatoms. The number of nitrogens with zero attached hydrogens (tertiary/aromatic N) is 1. The Labute approximate surface area is 148 Å². The second-order valence-electron chi connectivity index (χ2n) is 5.35. The van der Waals surface area contributed by atoms with Gasteiger partial charge in [-0.2, -0.15) is 0 Å². The molecule has 0 fully saturated rings. The van der Waals surface area contributed by atoms with Crippen molar-refractivity contribution in [3.63, 3.8) is 0 Å². The fourth-order valence-electron chi connectivity index (χ4n) is 2.36. The molecule has 0 unspecified atom stereocenters. The minimum absolute atomic E-state index is 0.0238. The van der Waals surface area contributed by atoms with Crippen LogP contribution in [0, 0.1) is 5.82 Å². The number of halogens is 1. The van der Waals surface area contributed by atoms with E-state index in [0.29, 0.717) is 10.9 Å². The molecule has 0 spiro atoms. The molecule has 3 rings (SSSR count). The molecule has 0 aliphatic rings. The average molecular weight is 372 g/mol. The van der Waals surface area contributed by atoms with Crippen LogP contribution in [0.4, 0.5) is 4.39 Å². The molecule has 1 amide bonds. The van der Waals surface area contributed by atoms with Crippen LogP contribution in [0.2, 0.25) is 0 Å². The van der Waals surface area contributed by atoms with Gasteiger partial charge >= 0.3 is 0 Å². The van der Waals surface area contributed by atoms with Gasteiger partial charge in [-0.15, -0.1) is 0 Å². The van der Waals surface area contributed by atoms with Gasteiger partial charge in [0.2, 0.25) is 9.84 Å². The van der Waals surface area contributed by atoms with Gasteiger partial charge in [0.05, 0.1) is 4.90 Å². The van der Waals surface area contributed by atoms with Gasteiger partial charge in [-0.05, 0) is 42.0 Å². The number of rotatable bonds is 4. The second-order valence-corrected chi connectivity index (χ2v) is 7.24. The molecular weight excluding hydrogens is 359 g/mol. The summed E-state index contributed by atoms with van der Waals surface area (Å²) in [5.74, 6) is -1.35. The predicted molar refractivity (Wildman–Crippen MR) is 92.6 cm³/mol. The summed E-state index contributed by atoms with van der Waals surface area (Å²) in [6, 6.07) is 13.0. The Morgan fingerprint density at radius 1 is 1.12 bits per heavy atom. The molecule has 0 atom stereocenters. The van der Waals surface area contributed by atoms with Crippen molar-refractivity contribution in [2.75, 3.05) is 0 Å². The highest BCUT2D eigenvalue weighted by atomic mass is 32.2. The van der Waals surface area contributed by atoms with E-state index >= 15 is 0 Å². The van der Waals surface area contributed by atoms with Crippen LogP contribution in [0.15, 0.2) is 70.6 Å². The van der Waals surface area contributed by atoms with E-state index in [9.17, 15) is 17.6 Å². The van der Waals surface area contributed by atoms with Crippen molar-refractivity contribution < 1.29 is 22.8 Å². The lowest BCUT2D eigenvalue weighted by Gasteiger charge is -2.06. The highest BCUT2D eigenvalue weighted by Crippen LogP contribution is 2.24. The van der Waals surface area contributed by atoms with Gasteiger partial charge in [0.25, 0.3) is 5.91 Å². The van der Waals surface area contributed by atoms with E-state index < -0.39 is 21.6 Å². The number of hydroxylamine groups is 1. The highest BCUT2D eigenvalue weighted by Gasteiger charge is 2.20. The molecule has 132 valence electrons. The van der Waals surface area contributed by atoms with Crippen molar-refractivity contribution in [1.82, 2.24) is 10.5 Å². The Bertz CT molecular complexity index is 1130. The Balaban J connectivity index is 2.04. The lowest BCUT2D eigenvalue weighted by atomic mass is 10.2. The van der Waals surface area contributed by atoms with Crippen molar-refractivity contribution in [1.29, 1.82) is 0 Å². The molecule has 1 aromatic heterocycles. The van der Waals surface area contributed by atoms with Crippen LogP contribution in [0.3, 0.4) is 0 Å². The SMILES string of the molecule is O=C(/C=C/c1cccc(S(=O)(=O)c2ccc3cccc(F)c3n2)c1)NO. The van der Waals surface area contributed by atoms with Crippen molar-refractivity contribution in [2.24, 2.45) is 0 Å². The van der Waals surface area contributed by atoms with Gasteiger partial charge in [-0.1, -0.05) is 24.3 Å². The maximum absolute atomic E-state index is 13.9. The van der Waals surface area contributed by atoms with E-state index in [1.54, 1.807) is 12.1 Å². The third-order valence-corrected chi connectivity index (χ3v) is 5.28. The van der Waals surface area contributed by atoms with Gasteiger partial charge in [-0.25, -0.2) is 23.3 Å². The molecule has 2 N–H and O–H groups in total. The van der Waals surface area contributed by atoms with Gasteiger partial charge in [0, 0.05) is 11.5 Å². The molecule has 26 heavy (non-hydrogen) atoms. The van der Waals surface area contributed by atoms with Crippen molar-refractivity contribution in [2.45, 2.75) is 9.92 Å². The lowest BCUT2D eigenvalue weighted by Crippen LogP contribution is -2.14. The third-order valence-electron chi connectivity index (χ3n) is 3.63. The first kappa shape index (κ1) is 17.7. The van der Waals surface area contributed by atoms with Crippen LogP contribution in [0.25, 0.3) is 17.0 Å². The number of sulfone groups is 1. The molecule has 2 aromatic carbocycles. The summed E-state index contributed by atoms with van der Waals surface area (Å²) in [6.07, 6.45) is 2.40. The van der Waals surface area contributed by atoms with Crippen LogP contribution in [0.5, 0.6) is 0 Å². The number of nitrogens with one attached hydrogen (secondary N) is 1. The summed E-state index contributed by atoms with van der Waals surface area (Å²) >= 11 is 0. The summed E-state index contributed by atoms with van der Waals surface area (Å²) in [4.78, 5) is 14.9. The quantitative estimate of drug-likeness (QED) is 0.417. The molecule has 0 aliphatic heterocycles. The third kappa shape index (κ3) is 3.46. The van der Waals surface area contributed by atoms with Gasteiger partial charge in [0.1, 0.15) is 11.3 Å². The molecule has 0 bridgehead atoms. The number of para-hydroxylation sites is 1. The zero-order valence-electron chi connectivity index (χ0n) is 13.3. The minimum Gasteiger partial charge on any atom is -0.288 e. The zero-order valence-corrected chi connectivity index (χ0v) is 14.1. The van der Waals surface area contributed by atoms with E-state index in [1.807, 2.05) is 0 Å². The summed E-state index contributed by atoms with van der Waals surface area (Å²) in [6.45, 7) is 0. The van der Waals surface area contributed by atoms with E-state index in [0.717, 1.165) is 6.08 Å². The Morgan fingerprint density at radius 2 is 1.88 bits per heavy atom. The molecule has 0 radical (unpaired) electrons. The number of amides is 1. The topological polar surface area (TPSA) is 96.4 Å². The number of fused-ring (bicyclic) bond motifs is 1. The number of carbonyl (C=O) groups excluding carboxylic acids is 1. The maximum Gasteiger partial charge on any atom is 0.267 e. The maximum atomic E-state index is 13.9. The predicted octanol–water partition coefficient (Wildman–Crippen LogP) is 2.73. The monoisotopic (exact) mass is 372 g/mol. The number of benzene rings is 2. The van der Waals surface area contributed by atoms with Gasteiger partial charge < -0.3 is 0 Å². The summed E-state index contributed by atoms with van der Waals surface area (Å²) in [5, 5.41) is 8.69. The van der Waals surface area contributed by atoms with Crippen LogP contribution in [-0.4, -0.2) is 24.5 Å². The van der Waals surface area contributed by atoms with Crippen molar-refractivity contribution >= 4 is 32.7 Å². The van der Waals surface area contributed by atoms with Crippen LogP contribution in [-0.2, 0) is 14.6 Å². The molecule has 0 aliphatic carbocycles. The second kappa shape index (κ2) is 7.03. The van der Waals surface area contributed by atoms with E-state index in [4.69, 9.17) is 5.21 Å². The van der Waals surface area contributed by atoms with Crippen LogP contribution >= 0.6 is 0 Å². The highest BCUT2D eigenvalue weighted by molar-refractivity contribution is 7.91. The van der Waals surface area contributed by atoms with E-state index in [-0.39, 0.29) is 15.4 Å². The Hall–Kier alpha value is -3.10. The summed E-state index contributed by atoms with van der Waals surface area (Å²) in [5.41, 5.74) is 1.85.